The molecule has 5 N–H and O–H groups in total. The third kappa shape index (κ3) is 8.11. The van der Waals surface area contributed by atoms with Crippen molar-refractivity contribution in [3.8, 4) is 17.1 Å². The zero-order valence-corrected chi connectivity index (χ0v) is 26.5. The van der Waals surface area contributed by atoms with Gasteiger partial charge in [-0.2, -0.15) is 5.10 Å². The third-order valence-electron chi connectivity index (χ3n) is 8.21. The van der Waals surface area contributed by atoms with Crippen LogP contribution in [0.25, 0.3) is 27.8 Å². The number of hydrogen-bond donors (Lipinski definition) is 4. The van der Waals surface area contributed by atoms with E-state index in [0.717, 1.165) is 53.9 Å². The van der Waals surface area contributed by atoms with Gasteiger partial charge in [-0.15, -0.1) is 0 Å². The van der Waals surface area contributed by atoms with Crippen molar-refractivity contribution in [2.75, 3.05) is 65.6 Å². The van der Waals surface area contributed by atoms with Crippen molar-refractivity contribution in [1.29, 1.82) is 0 Å². The van der Waals surface area contributed by atoms with Crippen LogP contribution in [0.4, 0.5) is 5.82 Å². The van der Waals surface area contributed by atoms with Gasteiger partial charge in [0.2, 0.25) is 11.8 Å². The Hall–Kier alpha value is -4.27. The second-order valence-electron chi connectivity index (χ2n) is 11.2. The fourth-order valence-electron chi connectivity index (χ4n) is 5.84. The lowest BCUT2D eigenvalue weighted by molar-refractivity contribution is -0.126. The number of imidazole rings is 1. The molecular formula is C32H44N8O6. The molecule has 0 saturated heterocycles. The molecule has 248 valence electrons. The van der Waals surface area contributed by atoms with Gasteiger partial charge in [0.25, 0.3) is 0 Å². The van der Waals surface area contributed by atoms with Crippen molar-refractivity contribution in [2.24, 2.45) is 5.92 Å². The van der Waals surface area contributed by atoms with E-state index in [2.05, 4.69) is 25.7 Å². The van der Waals surface area contributed by atoms with Crippen molar-refractivity contribution in [3.05, 3.63) is 36.4 Å². The fraction of sp³-hybridized carbons (Fsp3) is 0.531. The van der Waals surface area contributed by atoms with Crippen LogP contribution in [-0.2, 0) is 23.8 Å². The van der Waals surface area contributed by atoms with E-state index in [-0.39, 0.29) is 23.7 Å². The Kier molecular flexibility index (Phi) is 11.8. The number of aromatic amines is 1. The second-order valence-corrected chi connectivity index (χ2v) is 11.2. The highest BCUT2D eigenvalue weighted by Crippen LogP contribution is 2.39. The van der Waals surface area contributed by atoms with Crippen molar-refractivity contribution >= 4 is 34.1 Å². The first-order valence-corrected chi connectivity index (χ1v) is 15.9. The first-order chi connectivity index (χ1) is 22.5. The number of benzene rings is 1. The smallest absolute Gasteiger partial charge is 0.223 e. The topological polar surface area (TPSA) is 180 Å². The van der Waals surface area contributed by atoms with Gasteiger partial charge in [-0.05, 0) is 44.7 Å². The molecule has 1 fully saturated rings. The number of carbonyl (C=O) groups excluding carboxylic acids is 2. The minimum atomic E-state index is -0.0603. The maximum absolute atomic E-state index is 12.9. The molecule has 46 heavy (non-hydrogen) atoms. The number of methoxy groups -OCH3 is 1. The zero-order chi connectivity index (χ0) is 32.3. The highest BCUT2D eigenvalue weighted by molar-refractivity contribution is 5.93. The van der Waals surface area contributed by atoms with Crippen LogP contribution in [0, 0.1) is 5.92 Å². The van der Waals surface area contributed by atoms with E-state index in [1.165, 1.54) is 6.33 Å². The van der Waals surface area contributed by atoms with Crippen molar-refractivity contribution in [3.63, 3.8) is 0 Å². The van der Waals surface area contributed by atoms with Gasteiger partial charge in [-0.1, -0.05) is 12.1 Å². The number of ether oxygens (including phenoxy) is 4. The number of aromatic nitrogens is 5. The minimum absolute atomic E-state index is 0.0469. The Labute approximate surface area is 267 Å². The number of nitrogens with zero attached hydrogens (tertiary/aromatic N) is 4. The number of nitrogens with two attached hydrogens (primary N) is 1. The molecule has 1 aromatic carbocycles. The van der Waals surface area contributed by atoms with E-state index in [1.54, 1.807) is 11.6 Å². The quantitative estimate of drug-likeness (QED) is 0.126. The number of nitrogens with one attached hydrogen (secondary N) is 3. The standard InChI is InChI=1S/C32H44N8O6/c1-3-44-14-11-26(41)34-12-15-45-17-18-46-16-13-35-32(42)22-9-7-21(8-10-22)31-39-28(29-30(33)36-20-37-40(29)31)24-19-23-5-4-6-25(43-2)27(23)38-24/h4-6,19-22,38H,3,7-18H2,1-2H3,(H,34,41)(H,35,42)(H2,33,36,37). The molecule has 14 heteroatoms. The molecule has 1 aliphatic carbocycles. The maximum atomic E-state index is 12.9. The molecule has 3 aromatic heterocycles. The van der Waals surface area contributed by atoms with Crippen LogP contribution in [0.2, 0.25) is 0 Å². The van der Waals surface area contributed by atoms with Gasteiger partial charge in [0.05, 0.1) is 51.4 Å². The molecule has 14 nitrogen and oxygen atoms in total. The van der Waals surface area contributed by atoms with E-state index < -0.39 is 0 Å². The SMILES string of the molecule is CCOCCC(=O)NCCOCCOCCNC(=O)C1CCC(c2nc(-c3cc4cccc(OC)c4[nH]3)c3c(N)ncnn23)CC1. The Balaban J connectivity index is 1.05. The average Bonchev–Trinajstić information content (AvgIpc) is 3.68. The fourth-order valence-corrected chi connectivity index (χ4v) is 5.84. The summed E-state index contributed by atoms with van der Waals surface area (Å²) in [6, 6.07) is 7.91. The summed E-state index contributed by atoms with van der Waals surface area (Å²) in [4.78, 5) is 37.2. The Morgan fingerprint density at radius 3 is 2.52 bits per heavy atom. The zero-order valence-electron chi connectivity index (χ0n) is 26.5. The third-order valence-corrected chi connectivity index (χ3v) is 8.21. The normalized spacial score (nSPS) is 16.6. The number of rotatable bonds is 17. The van der Waals surface area contributed by atoms with Crippen LogP contribution in [0.5, 0.6) is 5.75 Å². The van der Waals surface area contributed by atoms with E-state index in [9.17, 15) is 9.59 Å². The average molecular weight is 637 g/mol. The molecule has 5 rings (SSSR count). The van der Waals surface area contributed by atoms with E-state index in [4.69, 9.17) is 29.7 Å². The maximum Gasteiger partial charge on any atom is 0.223 e. The van der Waals surface area contributed by atoms with Crippen LogP contribution >= 0.6 is 0 Å². The summed E-state index contributed by atoms with van der Waals surface area (Å²) in [5.74, 6) is 1.99. The molecular weight excluding hydrogens is 592 g/mol. The van der Waals surface area contributed by atoms with Crippen LogP contribution in [0.15, 0.2) is 30.6 Å². The second kappa shape index (κ2) is 16.3. The number of anilines is 1. The van der Waals surface area contributed by atoms with E-state index >= 15 is 0 Å². The lowest BCUT2D eigenvalue weighted by atomic mass is 9.81. The van der Waals surface area contributed by atoms with Gasteiger partial charge in [-0.25, -0.2) is 14.5 Å². The Morgan fingerprint density at radius 2 is 1.78 bits per heavy atom. The number of hydrogen-bond acceptors (Lipinski definition) is 10. The lowest BCUT2D eigenvalue weighted by Crippen LogP contribution is -2.35. The van der Waals surface area contributed by atoms with Crippen LogP contribution in [0.3, 0.4) is 0 Å². The van der Waals surface area contributed by atoms with Crippen LogP contribution in [-0.4, -0.2) is 96.2 Å². The first kappa shape index (κ1) is 33.1. The molecule has 0 unspecified atom stereocenters. The molecule has 0 aliphatic heterocycles. The number of fused-ring (bicyclic) bond motifs is 2. The number of amides is 2. The van der Waals surface area contributed by atoms with Gasteiger partial charge < -0.3 is 40.3 Å². The van der Waals surface area contributed by atoms with Crippen molar-refractivity contribution in [2.45, 2.75) is 44.9 Å². The summed E-state index contributed by atoms with van der Waals surface area (Å²) in [5, 5.41) is 11.3. The van der Waals surface area contributed by atoms with Gasteiger partial charge in [0, 0.05) is 43.3 Å². The summed E-state index contributed by atoms with van der Waals surface area (Å²) in [5.41, 5.74) is 9.39. The molecule has 0 radical (unpaired) electrons. The summed E-state index contributed by atoms with van der Waals surface area (Å²) in [6.45, 7) is 5.46. The van der Waals surface area contributed by atoms with Gasteiger partial charge in [0.1, 0.15) is 29.1 Å². The molecule has 0 spiro atoms. The highest BCUT2D eigenvalue weighted by atomic mass is 16.5. The highest BCUT2D eigenvalue weighted by Gasteiger charge is 2.31. The molecule has 4 aromatic rings. The Morgan fingerprint density at radius 1 is 1.02 bits per heavy atom. The van der Waals surface area contributed by atoms with Gasteiger partial charge in [-0.3, -0.25) is 9.59 Å². The van der Waals surface area contributed by atoms with E-state index in [1.807, 2.05) is 31.2 Å². The molecule has 0 bridgehead atoms. The first-order valence-electron chi connectivity index (χ1n) is 15.9. The predicted molar refractivity (Wildman–Crippen MR) is 173 cm³/mol. The number of H-pyrrole nitrogens is 1. The van der Waals surface area contributed by atoms with Gasteiger partial charge in [0.15, 0.2) is 5.82 Å². The molecule has 0 atom stereocenters. The largest absolute Gasteiger partial charge is 0.495 e. The molecule has 2 amide bonds. The molecule has 1 aliphatic rings. The summed E-state index contributed by atoms with van der Waals surface area (Å²) in [6.07, 6.45) is 4.92. The van der Waals surface area contributed by atoms with Crippen LogP contribution in [0.1, 0.15) is 50.8 Å². The number of para-hydroxylation sites is 1. The van der Waals surface area contributed by atoms with Crippen molar-refractivity contribution in [1.82, 2.24) is 35.2 Å². The molecule has 3 heterocycles. The van der Waals surface area contributed by atoms with E-state index in [0.29, 0.717) is 76.2 Å². The van der Waals surface area contributed by atoms with Gasteiger partial charge >= 0.3 is 0 Å². The predicted octanol–water partition coefficient (Wildman–Crippen LogP) is 2.83. The number of nitrogen functional groups attached to an aromatic ring is 1. The van der Waals surface area contributed by atoms with Crippen molar-refractivity contribution < 1.29 is 28.5 Å². The minimum Gasteiger partial charge on any atom is -0.495 e. The Bertz CT molecular complexity index is 1600. The summed E-state index contributed by atoms with van der Waals surface area (Å²) in [7, 11) is 1.65. The monoisotopic (exact) mass is 636 g/mol. The number of carbonyl (C=O) groups is 2. The summed E-state index contributed by atoms with van der Waals surface area (Å²) < 4.78 is 23.5. The van der Waals surface area contributed by atoms with Crippen LogP contribution < -0.4 is 21.1 Å². The lowest BCUT2D eigenvalue weighted by Gasteiger charge is -2.26. The molecule has 1 saturated carbocycles. The summed E-state index contributed by atoms with van der Waals surface area (Å²) >= 11 is 0.